The van der Waals surface area contributed by atoms with E-state index in [0.29, 0.717) is 18.4 Å². The Labute approximate surface area is 116 Å². The van der Waals surface area contributed by atoms with Gasteiger partial charge in [-0.15, -0.1) is 11.6 Å². The molecule has 0 saturated heterocycles. The van der Waals surface area contributed by atoms with Crippen molar-refractivity contribution < 1.29 is 4.74 Å². The molecule has 0 aliphatic heterocycles. The number of benzene rings is 1. The highest BCUT2D eigenvalue weighted by atomic mass is 35.5. The van der Waals surface area contributed by atoms with Crippen LogP contribution in [0.5, 0.6) is 5.75 Å². The molecule has 1 aromatic rings. The quantitative estimate of drug-likeness (QED) is 0.697. The molecule has 0 fully saturated rings. The Kier molecular flexibility index (Phi) is 5.52. The minimum absolute atomic E-state index is 0.102. The van der Waals surface area contributed by atoms with Gasteiger partial charge < -0.3 is 4.74 Å². The van der Waals surface area contributed by atoms with E-state index in [1.807, 2.05) is 0 Å². The summed E-state index contributed by atoms with van der Waals surface area (Å²) in [6.45, 7) is 11.6. The highest BCUT2D eigenvalue weighted by Gasteiger charge is 2.19. The normalized spacial score (nSPS) is 13.4. The summed E-state index contributed by atoms with van der Waals surface area (Å²) in [6.07, 6.45) is 1.06. The van der Waals surface area contributed by atoms with Gasteiger partial charge in [0.05, 0.1) is 6.61 Å². The molecule has 1 rings (SSSR count). The molecule has 18 heavy (non-hydrogen) atoms. The Hall–Kier alpha value is -0.690. The Morgan fingerprint density at radius 2 is 1.94 bits per heavy atom. The molecule has 0 radical (unpaired) electrons. The van der Waals surface area contributed by atoms with Crippen LogP contribution in [0.25, 0.3) is 0 Å². The summed E-state index contributed by atoms with van der Waals surface area (Å²) in [7, 11) is 0. The zero-order valence-electron chi connectivity index (χ0n) is 12.2. The van der Waals surface area contributed by atoms with E-state index < -0.39 is 0 Å². The maximum absolute atomic E-state index is 5.93. The highest BCUT2D eigenvalue weighted by molar-refractivity contribution is 6.18. The van der Waals surface area contributed by atoms with Gasteiger partial charge in [0.1, 0.15) is 5.75 Å². The van der Waals surface area contributed by atoms with E-state index >= 15 is 0 Å². The lowest BCUT2D eigenvalue weighted by atomic mass is 9.85. The smallest absolute Gasteiger partial charge is 0.123 e. The summed E-state index contributed by atoms with van der Waals surface area (Å²) in [5, 5.41) is 0. The van der Waals surface area contributed by atoms with Gasteiger partial charge in [0.25, 0.3) is 0 Å². The summed E-state index contributed by atoms with van der Waals surface area (Å²) >= 11 is 5.82. The predicted molar refractivity (Wildman–Crippen MR) is 79.9 cm³/mol. The maximum atomic E-state index is 5.93. The fourth-order valence-corrected chi connectivity index (χ4v) is 1.87. The van der Waals surface area contributed by atoms with Gasteiger partial charge in [0.2, 0.25) is 0 Å². The van der Waals surface area contributed by atoms with Crippen LogP contribution in [0.15, 0.2) is 18.2 Å². The standard InChI is InChI=1S/C16H25ClO/c1-6-13-7-8-15(18-11-12(2)10-17)14(9-13)16(3,4)5/h7-9,12H,6,10-11H2,1-5H3. The zero-order valence-corrected chi connectivity index (χ0v) is 13.0. The monoisotopic (exact) mass is 268 g/mol. The van der Waals surface area contributed by atoms with Gasteiger partial charge in [0, 0.05) is 11.8 Å². The number of ether oxygens (including phenoxy) is 1. The van der Waals surface area contributed by atoms with E-state index in [2.05, 4.69) is 52.8 Å². The van der Waals surface area contributed by atoms with Crippen LogP contribution < -0.4 is 4.74 Å². The fourth-order valence-electron chi connectivity index (χ4n) is 1.79. The van der Waals surface area contributed by atoms with Gasteiger partial charge in [-0.05, 0) is 29.0 Å². The van der Waals surface area contributed by atoms with Crippen molar-refractivity contribution in [1.29, 1.82) is 0 Å². The Bertz CT molecular complexity index is 379. The summed E-state index contributed by atoms with van der Waals surface area (Å²) in [4.78, 5) is 0. The lowest BCUT2D eigenvalue weighted by Crippen LogP contribution is -2.16. The molecule has 0 aliphatic carbocycles. The van der Waals surface area contributed by atoms with E-state index in [1.165, 1.54) is 11.1 Å². The van der Waals surface area contributed by atoms with Gasteiger partial charge in [-0.1, -0.05) is 46.8 Å². The number of rotatable bonds is 5. The van der Waals surface area contributed by atoms with Gasteiger partial charge in [-0.25, -0.2) is 0 Å². The van der Waals surface area contributed by atoms with Crippen molar-refractivity contribution in [2.24, 2.45) is 5.92 Å². The summed E-state index contributed by atoms with van der Waals surface area (Å²) < 4.78 is 5.93. The fraction of sp³-hybridized carbons (Fsp3) is 0.625. The van der Waals surface area contributed by atoms with Crippen LogP contribution in [-0.4, -0.2) is 12.5 Å². The lowest BCUT2D eigenvalue weighted by molar-refractivity contribution is 0.266. The summed E-state index contributed by atoms with van der Waals surface area (Å²) in [5.74, 6) is 2.01. The van der Waals surface area contributed by atoms with Gasteiger partial charge >= 0.3 is 0 Å². The third-order valence-corrected chi connectivity index (χ3v) is 3.57. The van der Waals surface area contributed by atoms with Crippen molar-refractivity contribution in [3.05, 3.63) is 29.3 Å². The molecular formula is C16H25ClO. The molecule has 0 N–H and O–H groups in total. The minimum Gasteiger partial charge on any atom is -0.493 e. The Morgan fingerprint density at radius 1 is 1.28 bits per heavy atom. The van der Waals surface area contributed by atoms with Crippen LogP contribution in [0.4, 0.5) is 0 Å². The molecule has 1 atom stereocenters. The molecule has 0 aliphatic rings. The first-order chi connectivity index (χ1) is 8.38. The number of aryl methyl sites for hydroxylation is 1. The number of halogens is 1. The van der Waals surface area contributed by atoms with E-state index in [4.69, 9.17) is 16.3 Å². The van der Waals surface area contributed by atoms with Crippen LogP contribution in [0.1, 0.15) is 45.7 Å². The highest BCUT2D eigenvalue weighted by Crippen LogP contribution is 2.32. The SMILES string of the molecule is CCc1ccc(OCC(C)CCl)c(C(C)(C)C)c1. The third-order valence-electron chi connectivity index (χ3n) is 3.05. The van der Waals surface area contributed by atoms with Crippen molar-refractivity contribution in [3.8, 4) is 5.75 Å². The van der Waals surface area contributed by atoms with E-state index in [0.717, 1.165) is 12.2 Å². The van der Waals surface area contributed by atoms with E-state index in [9.17, 15) is 0 Å². The molecule has 1 unspecified atom stereocenters. The molecule has 2 heteroatoms. The van der Waals surface area contributed by atoms with Crippen molar-refractivity contribution in [1.82, 2.24) is 0 Å². The van der Waals surface area contributed by atoms with E-state index in [-0.39, 0.29) is 5.41 Å². The molecule has 1 nitrogen and oxygen atoms in total. The first kappa shape index (κ1) is 15.4. The number of alkyl halides is 1. The van der Waals surface area contributed by atoms with E-state index in [1.54, 1.807) is 0 Å². The predicted octanol–water partition coefficient (Wildman–Crippen LogP) is 4.80. The summed E-state index contributed by atoms with van der Waals surface area (Å²) in [6, 6.07) is 6.51. The van der Waals surface area contributed by atoms with Gasteiger partial charge in [-0.3, -0.25) is 0 Å². The second kappa shape index (κ2) is 6.47. The third kappa shape index (κ3) is 4.20. The number of hydrogen-bond acceptors (Lipinski definition) is 1. The van der Waals surface area contributed by atoms with Crippen LogP contribution in [-0.2, 0) is 11.8 Å². The van der Waals surface area contributed by atoms with Gasteiger partial charge in [0.15, 0.2) is 0 Å². The first-order valence-electron chi connectivity index (χ1n) is 6.70. The molecule has 102 valence electrons. The minimum atomic E-state index is 0.102. The van der Waals surface area contributed by atoms with Crippen molar-refractivity contribution in [2.45, 2.75) is 46.5 Å². The Morgan fingerprint density at radius 3 is 2.44 bits per heavy atom. The lowest BCUT2D eigenvalue weighted by Gasteiger charge is -2.24. The largest absolute Gasteiger partial charge is 0.493 e. The van der Waals surface area contributed by atoms with Crippen molar-refractivity contribution in [2.75, 3.05) is 12.5 Å². The second-order valence-electron chi connectivity index (χ2n) is 6.00. The molecule has 0 amide bonds. The van der Waals surface area contributed by atoms with Crippen LogP contribution in [0, 0.1) is 5.92 Å². The van der Waals surface area contributed by atoms with Crippen molar-refractivity contribution >= 4 is 11.6 Å². The van der Waals surface area contributed by atoms with Crippen LogP contribution >= 0.6 is 11.6 Å². The molecular weight excluding hydrogens is 244 g/mol. The molecule has 0 aromatic heterocycles. The first-order valence-corrected chi connectivity index (χ1v) is 7.24. The van der Waals surface area contributed by atoms with Crippen LogP contribution in [0.2, 0.25) is 0 Å². The Balaban J connectivity index is 2.96. The molecule has 0 bridgehead atoms. The average molecular weight is 269 g/mol. The zero-order chi connectivity index (χ0) is 13.8. The number of hydrogen-bond donors (Lipinski definition) is 0. The molecule has 0 heterocycles. The topological polar surface area (TPSA) is 9.23 Å². The van der Waals surface area contributed by atoms with Crippen LogP contribution in [0.3, 0.4) is 0 Å². The average Bonchev–Trinajstić information content (AvgIpc) is 2.34. The second-order valence-corrected chi connectivity index (χ2v) is 6.31. The van der Waals surface area contributed by atoms with Crippen molar-refractivity contribution in [3.63, 3.8) is 0 Å². The van der Waals surface area contributed by atoms with Gasteiger partial charge in [-0.2, -0.15) is 0 Å². The summed E-state index contributed by atoms with van der Waals surface area (Å²) in [5.41, 5.74) is 2.74. The molecule has 0 spiro atoms. The maximum Gasteiger partial charge on any atom is 0.123 e. The molecule has 1 aromatic carbocycles. The molecule has 0 saturated carbocycles.